The molecular formula is C90H84F8. The van der Waals surface area contributed by atoms with Crippen LogP contribution in [-0.2, 0) is 25.7 Å². The number of hydrogen-bond donors (Lipinski definition) is 0. The van der Waals surface area contributed by atoms with Gasteiger partial charge in [0, 0.05) is 22.3 Å². The highest BCUT2D eigenvalue weighted by Gasteiger charge is 2.17. The largest absolute Gasteiger partial charge is 0.203 e. The number of aryl methyl sites for hydroxylation is 8. The molecule has 0 saturated heterocycles. The standard InChI is InChI=1S/C24H24F2.C23H22F2.C22H20F2.C21H18F2/c1-3-4-5-6-18-8-10-19(11-9-18)20-12-14-21(15-13-20)22-16-7-17(2)23(25)24(22)26;1-3-4-5-17-7-9-18(10-8-17)19-11-13-20(14-12-19)21-15-6-16(2)22(24)23(21)25;1-3-4-16-6-8-17(9-7-16)18-10-12-19(13-11-18)20-14-5-15(2)21(23)22(20)24;1-3-15-5-7-16(8-6-15)17-9-11-18(12-10-17)19-13-4-14(2)20(22)21(19)23/h7-16H,3-6H2,1-2H3;6-15H,3-5H2,1-2H3;5-14H,3-4H2,1-2H3;4-13H,3H2,1-2H3. The molecule has 0 unspecified atom stereocenters. The molecule has 0 atom stereocenters. The van der Waals surface area contributed by atoms with Gasteiger partial charge in [0.1, 0.15) is 0 Å². The van der Waals surface area contributed by atoms with Gasteiger partial charge in [0.2, 0.25) is 0 Å². The van der Waals surface area contributed by atoms with Crippen molar-refractivity contribution in [2.24, 2.45) is 0 Å². The zero-order valence-corrected chi connectivity index (χ0v) is 57.2. The Bertz CT molecular complexity index is 4540. The molecule has 0 amide bonds. The van der Waals surface area contributed by atoms with E-state index in [2.05, 4.69) is 125 Å². The molecule has 98 heavy (non-hydrogen) atoms. The minimum atomic E-state index is -0.787. The zero-order valence-electron chi connectivity index (χ0n) is 57.2. The van der Waals surface area contributed by atoms with Crippen molar-refractivity contribution in [1.29, 1.82) is 0 Å². The molecule has 12 rings (SSSR count). The van der Waals surface area contributed by atoms with Crippen molar-refractivity contribution in [3.63, 3.8) is 0 Å². The van der Waals surface area contributed by atoms with Crippen LogP contribution in [0.3, 0.4) is 0 Å². The highest BCUT2D eigenvalue weighted by Crippen LogP contribution is 2.34. The van der Waals surface area contributed by atoms with Crippen molar-refractivity contribution in [2.45, 2.75) is 120 Å². The Kier molecular flexibility index (Phi) is 25.7. The van der Waals surface area contributed by atoms with Gasteiger partial charge >= 0.3 is 0 Å². The van der Waals surface area contributed by atoms with Crippen LogP contribution in [0.2, 0.25) is 0 Å². The van der Waals surface area contributed by atoms with E-state index in [1.54, 1.807) is 76.2 Å². The Morgan fingerprint density at radius 2 is 0.388 bits per heavy atom. The number of unbranched alkanes of at least 4 members (excludes halogenated alkanes) is 3. The Hall–Kier alpha value is -9.92. The maximum absolute atomic E-state index is 14.2. The monoisotopic (exact) mass is 1320 g/mol. The second-order valence-corrected chi connectivity index (χ2v) is 25.0. The lowest BCUT2D eigenvalue weighted by Crippen LogP contribution is -1.93. The van der Waals surface area contributed by atoms with Gasteiger partial charge in [-0.3, -0.25) is 0 Å². The summed E-state index contributed by atoms with van der Waals surface area (Å²) >= 11 is 0. The predicted molar refractivity (Wildman–Crippen MR) is 393 cm³/mol. The molecule has 0 N–H and O–H groups in total. The maximum atomic E-state index is 14.2. The molecule has 8 heteroatoms. The second-order valence-electron chi connectivity index (χ2n) is 25.0. The summed E-state index contributed by atoms with van der Waals surface area (Å²) < 4.78 is 112. The maximum Gasteiger partial charge on any atom is 0.166 e. The van der Waals surface area contributed by atoms with Gasteiger partial charge in [-0.15, -0.1) is 0 Å². The molecule has 0 aromatic heterocycles. The molecule has 0 aliphatic heterocycles. The van der Waals surface area contributed by atoms with Crippen LogP contribution in [0, 0.1) is 74.2 Å². The van der Waals surface area contributed by atoms with Crippen LogP contribution < -0.4 is 0 Å². The van der Waals surface area contributed by atoms with E-state index in [4.69, 9.17) is 0 Å². The molecule has 0 bridgehead atoms. The highest BCUT2D eigenvalue weighted by atomic mass is 19.2. The number of rotatable bonds is 18. The average molecular weight is 1320 g/mol. The SMILES string of the molecule is CCCCCc1ccc(-c2ccc(-c3ccc(C)c(F)c3F)cc2)cc1.CCCCc1ccc(-c2ccc(-c3ccc(C)c(F)c3F)cc2)cc1.CCCc1ccc(-c2ccc(-c3ccc(C)c(F)c3F)cc2)cc1.CCc1ccc(-c2ccc(-c3ccc(C)c(F)c3F)cc2)cc1. The van der Waals surface area contributed by atoms with Crippen molar-refractivity contribution in [3.05, 3.63) is 334 Å². The van der Waals surface area contributed by atoms with E-state index in [0.29, 0.717) is 66.8 Å². The van der Waals surface area contributed by atoms with Gasteiger partial charge in [0.25, 0.3) is 0 Å². The van der Waals surface area contributed by atoms with E-state index in [1.165, 1.54) is 54.4 Å². The molecule has 0 radical (unpaired) electrons. The van der Waals surface area contributed by atoms with Crippen LogP contribution in [0.5, 0.6) is 0 Å². The van der Waals surface area contributed by atoms with Crippen molar-refractivity contribution in [2.75, 3.05) is 0 Å². The van der Waals surface area contributed by atoms with Crippen molar-refractivity contribution in [1.82, 2.24) is 0 Å². The van der Waals surface area contributed by atoms with Crippen LogP contribution >= 0.6 is 0 Å². The lowest BCUT2D eigenvalue weighted by atomic mass is 9.98. The first-order valence-corrected chi connectivity index (χ1v) is 34.0. The fourth-order valence-electron chi connectivity index (χ4n) is 11.6. The Morgan fingerprint density at radius 3 is 0.612 bits per heavy atom. The van der Waals surface area contributed by atoms with E-state index < -0.39 is 46.5 Å². The van der Waals surface area contributed by atoms with Crippen LogP contribution in [0.1, 0.15) is 111 Å². The molecule has 0 aliphatic rings. The number of hydrogen-bond acceptors (Lipinski definition) is 0. The van der Waals surface area contributed by atoms with Gasteiger partial charge in [-0.1, -0.05) is 296 Å². The van der Waals surface area contributed by atoms with Crippen molar-refractivity contribution in [3.8, 4) is 89.0 Å². The summed E-state index contributed by atoms with van der Waals surface area (Å²) in [5.74, 6) is -6.24. The average Bonchev–Trinajstić information content (AvgIpc) is 0.847. The summed E-state index contributed by atoms with van der Waals surface area (Å²) in [4.78, 5) is 0. The second kappa shape index (κ2) is 34.8. The molecule has 0 nitrogen and oxygen atoms in total. The molecule has 12 aromatic rings. The minimum Gasteiger partial charge on any atom is -0.203 e. The van der Waals surface area contributed by atoms with Crippen molar-refractivity contribution >= 4 is 0 Å². The normalized spacial score (nSPS) is 10.9. The molecule has 0 spiro atoms. The van der Waals surface area contributed by atoms with Crippen LogP contribution in [-0.4, -0.2) is 0 Å². The van der Waals surface area contributed by atoms with Gasteiger partial charge in [-0.25, -0.2) is 35.1 Å². The lowest BCUT2D eigenvalue weighted by molar-refractivity contribution is 0.505. The third kappa shape index (κ3) is 18.4. The van der Waals surface area contributed by atoms with Gasteiger partial charge in [-0.05, 0) is 177 Å². The molecule has 0 heterocycles. The minimum absolute atomic E-state index is 0.293. The van der Waals surface area contributed by atoms with Gasteiger partial charge < -0.3 is 0 Å². The first kappa shape index (κ1) is 72.4. The van der Waals surface area contributed by atoms with E-state index in [-0.39, 0.29) is 0 Å². The van der Waals surface area contributed by atoms with Crippen molar-refractivity contribution < 1.29 is 35.1 Å². The molecule has 0 fully saturated rings. The smallest absolute Gasteiger partial charge is 0.166 e. The topological polar surface area (TPSA) is 0 Å². The fraction of sp³-hybridized carbons (Fsp3) is 0.200. The number of halogens is 8. The fourth-order valence-corrected chi connectivity index (χ4v) is 11.6. The molecule has 0 aliphatic carbocycles. The molecule has 12 aromatic carbocycles. The Balaban J connectivity index is 0.000000153. The van der Waals surface area contributed by atoms with E-state index in [0.717, 1.165) is 76.6 Å². The summed E-state index contributed by atoms with van der Waals surface area (Å²) in [6.45, 7) is 15.0. The van der Waals surface area contributed by atoms with Crippen LogP contribution in [0.15, 0.2) is 243 Å². The van der Waals surface area contributed by atoms with E-state index >= 15 is 0 Å². The summed E-state index contributed by atoms with van der Waals surface area (Å²) in [7, 11) is 0. The third-order valence-corrected chi connectivity index (χ3v) is 17.9. The number of benzene rings is 12. The predicted octanol–water partition coefficient (Wildman–Crippen LogP) is 27.0. The van der Waals surface area contributed by atoms with E-state index in [1.807, 2.05) is 97.1 Å². The van der Waals surface area contributed by atoms with Crippen LogP contribution in [0.4, 0.5) is 35.1 Å². The Morgan fingerprint density at radius 1 is 0.184 bits per heavy atom. The summed E-state index contributed by atoms with van der Waals surface area (Å²) in [5.41, 5.74) is 19.3. The Labute approximate surface area is 574 Å². The summed E-state index contributed by atoms with van der Waals surface area (Å²) in [5, 5.41) is 0. The molecular weight excluding hydrogens is 1230 g/mol. The van der Waals surface area contributed by atoms with Gasteiger partial charge in [0.05, 0.1) is 0 Å². The first-order valence-electron chi connectivity index (χ1n) is 34.0. The molecule has 500 valence electrons. The van der Waals surface area contributed by atoms with Crippen LogP contribution in [0.25, 0.3) is 89.0 Å². The van der Waals surface area contributed by atoms with E-state index in [9.17, 15) is 35.1 Å². The first-order chi connectivity index (χ1) is 47.4. The summed E-state index contributed by atoms with van der Waals surface area (Å²) in [6.07, 6.45) is 11.6. The van der Waals surface area contributed by atoms with Gasteiger partial charge in [-0.2, -0.15) is 0 Å². The summed E-state index contributed by atoms with van der Waals surface area (Å²) in [6, 6.07) is 77.3. The third-order valence-electron chi connectivity index (χ3n) is 17.9. The lowest BCUT2D eigenvalue weighted by Gasteiger charge is -2.08. The highest BCUT2D eigenvalue weighted by molar-refractivity contribution is 5.75. The quantitative estimate of drug-likeness (QED) is 0.0593. The molecule has 0 saturated carbocycles. The zero-order chi connectivity index (χ0) is 69.8. The van der Waals surface area contributed by atoms with Gasteiger partial charge in [0.15, 0.2) is 46.5 Å².